The normalized spacial score (nSPS) is 16.9. The van der Waals surface area contributed by atoms with Crippen LogP contribution in [0.2, 0.25) is 0 Å². The minimum atomic E-state index is -1.05. The number of carbonyl (C=O) groups is 1. The number of carboxylic acid groups (broad SMARTS) is 1. The summed E-state index contributed by atoms with van der Waals surface area (Å²) in [7, 11) is 0. The Bertz CT molecular complexity index is 383. The van der Waals surface area contributed by atoms with Crippen molar-refractivity contribution >= 4 is 5.97 Å². The molecular formula is C13H20N2O3. The SMILES string of the molecule is O=C(O)c1cc(CNCCC2CCCCC2)on1. The fourth-order valence-electron chi connectivity index (χ4n) is 2.49. The van der Waals surface area contributed by atoms with E-state index in [-0.39, 0.29) is 5.69 Å². The fourth-order valence-corrected chi connectivity index (χ4v) is 2.49. The van der Waals surface area contributed by atoms with Crippen molar-refractivity contribution in [2.45, 2.75) is 45.1 Å². The van der Waals surface area contributed by atoms with Crippen molar-refractivity contribution in [3.8, 4) is 0 Å². The number of nitrogens with zero attached hydrogens (tertiary/aromatic N) is 1. The molecule has 0 amide bonds. The van der Waals surface area contributed by atoms with Crippen LogP contribution in [-0.4, -0.2) is 22.8 Å². The van der Waals surface area contributed by atoms with Gasteiger partial charge in [-0.3, -0.25) is 0 Å². The van der Waals surface area contributed by atoms with E-state index in [1.54, 1.807) is 0 Å². The molecule has 1 aromatic rings. The highest BCUT2D eigenvalue weighted by molar-refractivity contribution is 5.85. The summed E-state index contributed by atoms with van der Waals surface area (Å²) in [5, 5.41) is 15.4. The minimum Gasteiger partial charge on any atom is -0.476 e. The van der Waals surface area contributed by atoms with Gasteiger partial charge in [0.2, 0.25) is 0 Å². The van der Waals surface area contributed by atoms with Crippen molar-refractivity contribution in [3.63, 3.8) is 0 Å². The summed E-state index contributed by atoms with van der Waals surface area (Å²) in [6, 6.07) is 1.47. The van der Waals surface area contributed by atoms with Gasteiger partial charge in [-0.1, -0.05) is 37.3 Å². The fraction of sp³-hybridized carbons (Fsp3) is 0.692. The largest absolute Gasteiger partial charge is 0.476 e. The van der Waals surface area contributed by atoms with Crippen LogP contribution in [0.3, 0.4) is 0 Å². The van der Waals surface area contributed by atoms with E-state index in [1.165, 1.54) is 44.6 Å². The molecule has 1 heterocycles. The molecule has 5 nitrogen and oxygen atoms in total. The Labute approximate surface area is 107 Å². The van der Waals surface area contributed by atoms with Gasteiger partial charge in [-0.05, 0) is 18.9 Å². The van der Waals surface area contributed by atoms with Crippen molar-refractivity contribution < 1.29 is 14.4 Å². The van der Waals surface area contributed by atoms with Gasteiger partial charge in [0.15, 0.2) is 11.5 Å². The van der Waals surface area contributed by atoms with Gasteiger partial charge in [0, 0.05) is 6.07 Å². The lowest BCUT2D eigenvalue weighted by Gasteiger charge is -2.21. The summed E-state index contributed by atoms with van der Waals surface area (Å²) in [4.78, 5) is 10.6. The molecule has 1 aliphatic rings. The first-order chi connectivity index (χ1) is 8.75. The molecule has 0 spiro atoms. The van der Waals surface area contributed by atoms with Gasteiger partial charge < -0.3 is 14.9 Å². The highest BCUT2D eigenvalue weighted by atomic mass is 16.5. The maximum atomic E-state index is 10.6. The van der Waals surface area contributed by atoms with Crippen molar-refractivity contribution in [1.82, 2.24) is 10.5 Å². The topological polar surface area (TPSA) is 75.4 Å². The molecule has 1 aliphatic carbocycles. The van der Waals surface area contributed by atoms with E-state index < -0.39 is 5.97 Å². The summed E-state index contributed by atoms with van der Waals surface area (Å²) in [5.41, 5.74) is -0.0286. The first kappa shape index (κ1) is 13.1. The lowest BCUT2D eigenvalue weighted by atomic mass is 9.87. The van der Waals surface area contributed by atoms with E-state index in [2.05, 4.69) is 10.5 Å². The maximum Gasteiger partial charge on any atom is 0.358 e. The third-order valence-electron chi connectivity index (χ3n) is 3.53. The maximum absolute atomic E-state index is 10.6. The van der Waals surface area contributed by atoms with Crippen LogP contribution in [0.4, 0.5) is 0 Å². The molecule has 2 rings (SSSR count). The lowest BCUT2D eigenvalue weighted by Crippen LogP contribution is -2.18. The molecular weight excluding hydrogens is 232 g/mol. The monoisotopic (exact) mass is 252 g/mol. The van der Waals surface area contributed by atoms with Crippen LogP contribution in [0.15, 0.2) is 10.6 Å². The molecule has 5 heteroatoms. The second kappa shape index (κ2) is 6.54. The summed E-state index contributed by atoms with van der Waals surface area (Å²) >= 11 is 0. The Morgan fingerprint density at radius 3 is 2.89 bits per heavy atom. The number of aromatic carboxylic acids is 1. The molecule has 0 bridgehead atoms. The summed E-state index contributed by atoms with van der Waals surface area (Å²) in [6.07, 6.45) is 8.03. The molecule has 18 heavy (non-hydrogen) atoms. The highest BCUT2D eigenvalue weighted by Gasteiger charge is 2.13. The Morgan fingerprint density at radius 2 is 2.22 bits per heavy atom. The molecule has 1 saturated carbocycles. The molecule has 0 unspecified atom stereocenters. The molecule has 2 N–H and O–H groups in total. The quantitative estimate of drug-likeness (QED) is 0.760. The molecule has 0 radical (unpaired) electrons. The van der Waals surface area contributed by atoms with Gasteiger partial charge in [-0.25, -0.2) is 4.79 Å². The van der Waals surface area contributed by atoms with Crippen molar-refractivity contribution in [2.24, 2.45) is 5.92 Å². The Morgan fingerprint density at radius 1 is 1.44 bits per heavy atom. The minimum absolute atomic E-state index is 0.0286. The Hall–Kier alpha value is -1.36. The second-order valence-corrected chi connectivity index (χ2v) is 4.95. The Balaban J connectivity index is 1.63. The number of hydrogen-bond acceptors (Lipinski definition) is 4. The average Bonchev–Trinajstić information content (AvgIpc) is 2.85. The zero-order valence-electron chi connectivity index (χ0n) is 10.5. The second-order valence-electron chi connectivity index (χ2n) is 4.95. The first-order valence-electron chi connectivity index (χ1n) is 6.65. The van der Waals surface area contributed by atoms with Gasteiger partial charge in [0.25, 0.3) is 0 Å². The van der Waals surface area contributed by atoms with Crippen LogP contribution < -0.4 is 5.32 Å². The number of hydrogen-bond donors (Lipinski definition) is 2. The van der Waals surface area contributed by atoms with Gasteiger partial charge in [-0.15, -0.1) is 0 Å². The molecule has 0 saturated heterocycles. The number of carboxylic acids is 1. The molecule has 0 atom stereocenters. The third-order valence-corrected chi connectivity index (χ3v) is 3.53. The number of rotatable bonds is 6. The van der Waals surface area contributed by atoms with Crippen LogP contribution in [0, 0.1) is 5.92 Å². The van der Waals surface area contributed by atoms with Crippen LogP contribution in [0.25, 0.3) is 0 Å². The van der Waals surface area contributed by atoms with E-state index in [1.807, 2.05) is 0 Å². The van der Waals surface area contributed by atoms with E-state index in [0.717, 1.165) is 12.5 Å². The van der Waals surface area contributed by atoms with E-state index in [4.69, 9.17) is 9.63 Å². The van der Waals surface area contributed by atoms with Crippen molar-refractivity contribution in [1.29, 1.82) is 0 Å². The van der Waals surface area contributed by atoms with Gasteiger partial charge in [0.05, 0.1) is 6.54 Å². The predicted molar refractivity (Wildman–Crippen MR) is 66.4 cm³/mol. The van der Waals surface area contributed by atoms with E-state index >= 15 is 0 Å². The first-order valence-corrected chi connectivity index (χ1v) is 6.65. The zero-order chi connectivity index (χ0) is 12.8. The van der Waals surface area contributed by atoms with Crippen LogP contribution in [-0.2, 0) is 6.54 Å². The molecule has 1 fully saturated rings. The number of nitrogens with one attached hydrogen (secondary N) is 1. The third kappa shape index (κ3) is 3.84. The summed E-state index contributed by atoms with van der Waals surface area (Å²) in [6.45, 7) is 1.50. The molecule has 0 aliphatic heterocycles. The van der Waals surface area contributed by atoms with E-state index in [9.17, 15) is 4.79 Å². The van der Waals surface area contributed by atoms with Gasteiger partial charge in [0.1, 0.15) is 0 Å². The summed E-state index contributed by atoms with van der Waals surface area (Å²) < 4.78 is 4.92. The Kier molecular flexibility index (Phi) is 4.75. The van der Waals surface area contributed by atoms with Crippen molar-refractivity contribution in [2.75, 3.05) is 6.54 Å². The highest BCUT2D eigenvalue weighted by Crippen LogP contribution is 2.25. The average molecular weight is 252 g/mol. The van der Waals surface area contributed by atoms with Gasteiger partial charge >= 0.3 is 5.97 Å². The van der Waals surface area contributed by atoms with Gasteiger partial charge in [-0.2, -0.15) is 0 Å². The van der Waals surface area contributed by atoms with E-state index in [0.29, 0.717) is 12.3 Å². The molecule has 100 valence electrons. The zero-order valence-corrected chi connectivity index (χ0v) is 10.5. The van der Waals surface area contributed by atoms with Crippen LogP contribution in [0.1, 0.15) is 54.8 Å². The smallest absolute Gasteiger partial charge is 0.358 e. The molecule has 1 aromatic heterocycles. The standard InChI is InChI=1S/C13H20N2O3/c16-13(17)12-8-11(18-15-12)9-14-7-6-10-4-2-1-3-5-10/h8,10,14H,1-7,9H2,(H,16,17). The lowest BCUT2D eigenvalue weighted by molar-refractivity contribution is 0.0685. The van der Waals surface area contributed by atoms with Crippen LogP contribution >= 0.6 is 0 Å². The number of aromatic nitrogens is 1. The van der Waals surface area contributed by atoms with Crippen molar-refractivity contribution in [3.05, 3.63) is 17.5 Å². The summed E-state index contributed by atoms with van der Waals surface area (Å²) in [5.74, 6) is 0.388. The molecule has 0 aromatic carbocycles. The van der Waals surface area contributed by atoms with Crippen LogP contribution in [0.5, 0.6) is 0 Å². The predicted octanol–water partition coefficient (Wildman–Crippen LogP) is 2.43.